The highest BCUT2D eigenvalue weighted by Gasteiger charge is 2.60. The topological polar surface area (TPSA) is 38.0 Å². The van der Waals surface area contributed by atoms with Crippen LogP contribution >= 0.6 is 0 Å². The fourth-order valence-corrected chi connectivity index (χ4v) is 9.26. The number of fused-ring (bicyclic) bond motifs is 5. The third-order valence-corrected chi connectivity index (χ3v) is 11.2. The Morgan fingerprint density at radius 1 is 1.06 bits per heavy atom. The molecule has 4 rings (SSSR count). The molecular weight excluding hydrogens is 424 g/mol. The summed E-state index contributed by atoms with van der Waals surface area (Å²) in [4.78, 5) is 0. The molecule has 0 aromatic heterocycles. The molecule has 0 heterocycles. The second-order valence-electron chi connectivity index (χ2n) is 13.2. The number of rotatable bonds is 5. The van der Waals surface area contributed by atoms with Crippen molar-refractivity contribution in [2.24, 2.45) is 58.1 Å². The summed E-state index contributed by atoms with van der Waals surface area (Å²) >= 11 is 0. The molecule has 0 spiro atoms. The molecule has 0 saturated heterocycles. The summed E-state index contributed by atoms with van der Waals surface area (Å²) in [5.74, 6) is 13.7. The van der Waals surface area contributed by atoms with Crippen LogP contribution in [0.1, 0.15) is 112 Å². The molecule has 3 N–H and O–H groups in total. The quantitative estimate of drug-likeness (QED) is 0.178. The number of allylic oxidation sites excluding steroid dienone is 2. The fourth-order valence-electron chi connectivity index (χ4n) is 9.26. The number of terminal acetylenes is 1. The maximum atomic E-state index is 4.60. The number of hydrazine groups is 1. The SMILES string of the molecule is C#CC.C=C(C)C(=C)CCC(C)C1CCC2C3CCC4CC(C)CCC4(C)C3CCC12C.CNN. The lowest BCUT2D eigenvalue weighted by Crippen LogP contribution is -2.53. The van der Waals surface area contributed by atoms with Crippen LogP contribution in [-0.2, 0) is 0 Å². The van der Waals surface area contributed by atoms with Crippen LogP contribution < -0.4 is 11.3 Å². The molecule has 9 atom stereocenters. The Kier molecular flexibility index (Phi) is 11.2. The van der Waals surface area contributed by atoms with Crippen LogP contribution in [0.3, 0.4) is 0 Å². The first-order chi connectivity index (χ1) is 16.5. The molecule has 2 heteroatoms. The highest BCUT2D eigenvalue weighted by Crippen LogP contribution is 2.68. The minimum absolute atomic E-state index is 0.607. The van der Waals surface area contributed by atoms with Crippen molar-refractivity contribution in [1.29, 1.82) is 0 Å². The monoisotopic (exact) mass is 482 g/mol. The van der Waals surface area contributed by atoms with Gasteiger partial charge in [-0.25, -0.2) is 0 Å². The first kappa shape index (κ1) is 30.2. The van der Waals surface area contributed by atoms with Gasteiger partial charge in [-0.2, -0.15) is 0 Å². The molecule has 4 saturated carbocycles. The molecule has 200 valence electrons. The van der Waals surface area contributed by atoms with Crippen LogP contribution in [0.5, 0.6) is 0 Å². The van der Waals surface area contributed by atoms with Crippen molar-refractivity contribution < 1.29 is 0 Å². The summed E-state index contributed by atoms with van der Waals surface area (Å²) in [7, 11) is 1.65. The summed E-state index contributed by atoms with van der Waals surface area (Å²) in [6.45, 7) is 22.6. The average molecular weight is 483 g/mol. The van der Waals surface area contributed by atoms with Gasteiger partial charge in [0.15, 0.2) is 0 Å². The van der Waals surface area contributed by atoms with E-state index in [1.807, 2.05) is 0 Å². The van der Waals surface area contributed by atoms with Crippen LogP contribution in [0.4, 0.5) is 0 Å². The largest absolute Gasteiger partial charge is 0.272 e. The van der Waals surface area contributed by atoms with Gasteiger partial charge >= 0.3 is 0 Å². The van der Waals surface area contributed by atoms with Crippen molar-refractivity contribution in [3.8, 4) is 12.3 Å². The summed E-state index contributed by atoms with van der Waals surface area (Å²) in [6.07, 6.45) is 20.7. The van der Waals surface area contributed by atoms with E-state index < -0.39 is 0 Å². The zero-order valence-corrected chi connectivity index (χ0v) is 24.4. The summed E-state index contributed by atoms with van der Waals surface area (Å²) in [5.41, 5.74) is 5.98. The minimum atomic E-state index is 0.607. The highest BCUT2D eigenvalue weighted by molar-refractivity contribution is 5.22. The van der Waals surface area contributed by atoms with Gasteiger partial charge in [-0.3, -0.25) is 11.3 Å². The van der Waals surface area contributed by atoms with Gasteiger partial charge in [-0.05, 0) is 137 Å². The minimum Gasteiger partial charge on any atom is -0.272 e. The van der Waals surface area contributed by atoms with Crippen molar-refractivity contribution in [1.82, 2.24) is 5.43 Å². The van der Waals surface area contributed by atoms with Gasteiger partial charge in [0.25, 0.3) is 0 Å². The van der Waals surface area contributed by atoms with Gasteiger partial charge in [0, 0.05) is 0 Å². The van der Waals surface area contributed by atoms with E-state index in [1.165, 1.54) is 68.9 Å². The van der Waals surface area contributed by atoms with Crippen molar-refractivity contribution in [3.05, 3.63) is 24.3 Å². The molecule has 9 unspecified atom stereocenters. The van der Waals surface area contributed by atoms with E-state index in [4.69, 9.17) is 0 Å². The molecule has 4 fully saturated rings. The van der Waals surface area contributed by atoms with E-state index in [2.05, 4.69) is 71.4 Å². The van der Waals surface area contributed by atoms with Gasteiger partial charge in [0.1, 0.15) is 0 Å². The molecule has 0 aromatic rings. The lowest BCUT2D eigenvalue weighted by atomic mass is 9.44. The molecule has 0 aromatic carbocycles. The molecule has 0 aliphatic heterocycles. The second kappa shape index (κ2) is 13.0. The number of hydrogen-bond acceptors (Lipinski definition) is 2. The first-order valence-electron chi connectivity index (χ1n) is 14.6. The van der Waals surface area contributed by atoms with Gasteiger partial charge in [-0.15, -0.1) is 12.3 Å². The molecule has 35 heavy (non-hydrogen) atoms. The Labute approximate surface area is 219 Å². The van der Waals surface area contributed by atoms with E-state index in [0.29, 0.717) is 10.8 Å². The van der Waals surface area contributed by atoms with Crippen LogP contribution in [-0.4, -0.2) is 7.05 Å². The van der Waals surface area contributed by atoms with Crippen molar-refractivity contribution >= 4 is 0 Å². The van der Waals surface area contributed by atoms with Gasteiger partial charge in [0.2, 0.25) is 0 Å². The van der Waals surface area contributed by atoms with Crippen LogP contribution in [0.25, 0.3) is 0 Å². The number of nitrogens with two attached hydrogens (primary N) is 1. The average Bonchev–Trinajstić information content (AvgIpc) is 3.16. The van der Waals surface area contributed by atoms with Crippen LogP contribution in [0.2, 0.25) is 0 Å². The van der Waals surface area contributed by atoms with Gasteiger partial charge in [-0.1, -0.05) is 58.4 Å². The smallest absolute Gasteiger partial charge is 0.00172 e. The second-order valence-corrected chi connectivity index (χ2v) is 13.2. The lowest BCUT2D eigenvalue weighted by molar-refractivity contribution is -0.120. The molecule has 2 nitrogen and oxygen atoms in total. The Balaban J connectivity index is 0.000000655. The summed E-state index contributed by atoms with van der Waals surface area (Å²) in [5, 5.41) is 0. The molecule has 4 aliphatic carbocycles. The summed E-state index contributed by atoms with van der Waals surface area (Å²) < 4.78 is 0. The van der Waals surface area contributed by atoms with E-state index in [1.54, 1.807) is 20.4 Å². The van der Waals surface area contributed by atoms with E-state index in [9.17, 15) is 0 Å². The molecular formula is C33H58N2. The third kappa shape index (κ3) is 6.45. The van der Waals surface area contributed by atoms with E-state index >= 15 is 0 Å². The van der Waals surface area contributed by atoms with E-state index in [-0.39, 0.29) is 0 Å². The van der Waals surface area contributed by atoms with Gasteiger partial charge in [0.05, 0.1) is 0 Å². The predicted octanol–water partition coefficient (Wildman–Crippen LogP) is 8.55. The van der Waals surface area contributed by atoms with Crippen LogP contribution in [0.15, 0.2) is 24.3 Å². The zero-order valence-electron chi connectivity index (χ0n) is 24.4. The molecule has 0 amide bonds. The Hall–Kier alpha value is -1.04. The Morgan fingerprint density at radius 2 is 1.63 bits per heavy atom. The Morgan fingerprint density at radius 3 is 2.23 bits per heavy atom. The Bertz CT molecular complexity index is 747. The lowest BCUT2D eigenvalue weighted by Gasteiger charge is -2.61. The normalized spacial score (nSPS) is 40.2. The molecule has 0 bridgehead atoms. The number of nitrogens with one attached hydrogen (secondary N) is 1. The maximum absolute atomic E-state index is 4.60. The molecule has 4 aliphatic rings. The maximum Gasteiger partial charge on any atom is -0.00172 e. The zero-order chi connectivity index (χ0) is 26.4. The van der Waals surface area contributed by atoms with Crippen molar-refractivity contribution in [2.75, 3.05) is 7.05 Å². The van der Waals surface area contributed by atoms with Crippen molar-refractivity contribution in [3.63, 3.8) is 0 Å². The summed E-state index contributed by atoms with van der Waals surface area (Å²) in [6, 6.07) is 0. The predicted molar refractivity (Wildman–Crippen MR) is 154 cm³/mol. The molecule has 0 radical (unpaired) electrons. The fraction of sp³-hybridized carbons (Fsp3) is 0.818. The highest BCUT2D eigenvalue weighted by atomic mass is 15.2. The van der Waals surface area contributed by atoms with Gasteiger partial charge < -0.3 is 0 Å². The van der Waals surface area contributed by atoms with Crippen molar-refractivity contribution in [2.45, 2.75) is 112 Å². The standard InChI is InChI=1S/C29H48.C3H4.CH6N2/c1-19(2)21(4)8-9-22(5)25-12-13-26-24-11-10-23-18-20(3)14-16-28(23,6)27(24)15-17-29(25,26)7;2*1-3-2/h20,22-27H,1,4,8-18H2,2-3,5-7H3;1H,2H3;3H,2H2,1H3. The van der Waals surface area contributed by atoms with Crippen LogP contribution in [0, 0.1) is 64.6 Å². The first-order valence-corrected chi connectivity index (χ1v) is 14.6. The van der Waals surface area contributed by atoms with E-state index in [0.717, 1.165) is 47.8 Å². The number of hydrogen-bond donors (Lipinski definition) is 2. The third-order valence-electron chi connectivity index (χ3n) is 11.2.